The zero-order valence-corrected chi connectivity index (χ0v) is 19.2. The Morgan fingerprint density at radius 3 is 2.54 bits per heavy atom. The highest BCUT2D eigenvalue weighted by Crippen LogP contribution is 2.30. The van der Waals surface area contributed by atoms with Crippen molar-refractivity contribution in [3.05, 3.63) is 93.8 Å². The maximum Gasteiger partial charge on any atom is 0.416 e. The van der Waals surface area contributed by atoms with Gasteiger partial charge in [0.2, 0.25) is 5.91 Å². The predicted octanol–water partition coefficient (Wildman–Crippen LogP) is 4.99. The molecule has 4 rings (SSSR count). The van der Waals surface area contributed by atoms with Gasteiger partial charge in [-0.3, -0.25) is 19.0 Å². The number of rotatable bonds is 7. The van der Waals surface area contributed by atoms with E-state index in [-0.39, 0.29) is 24.4 Å². The number of aromatic nitrogens is 2. The Morgan fingerprint density at radius 2 is 1.80 bits per heavy atom. The molecule has 0 bridgehead atoms. The number of alkyl halides is 3. The first-order valence-corrected chi connectivity index (χ1v) is 10.9. The number of nitrogens with zero attached hydrogens (tertiary/aromatic N) is 2. The Kier molecular flexibility index (Phi) is 6.68. The third kappa shape index (κ3) is 5.24. The van der Waals surface area contributed by atoms with Crippen LogP contribution in [0.1, 0.15) is 23.1 Å². The lowest BCUT2D eigenvalue weighted by atomic mass is 10.1. The first-order chi connectivity index (χ1) is 16.7. The fourth-order valence-corrected chi connectivity index (χ4v) is 4.05. The maximum absolute atomic E-state index is 13.1. The molecule has 4 aromatic rings. The maximum atomic E-state index is 13.1. The number of hydrogen-bond donors (Lipinski definition) is 1. The Labute approximate surface area is 199 Å². The van der Waals surface area contributed by atoms with Crippen LogP contribution in [0.2, 0.25) is 0 Å². The summed E-state index contributed by atoms with van der Waals surface area (Å²) >= 11 is 0. The largest absolute Gasteiger partial charge is 0.496 e. The van der Waals surface area contributed by atoms with Crippen LogP contribution in [-0.4, -0.2) is 22.4 Å². The monoisotopic (exact) mass is 483 g/mol. The first kappa shape index (κ1) is 24.1. The quantitative estimate of drug-likeness (QED) is 0.403. The number of para-hydroxylation sites is 1. The van der Waals surface area contributed by atoms with Gasteiger partial charge < -0.3 is 10.1 Å². The fourth-order valence-electron chi connectivity index (χ4n) is 4.05. The number of hydrogen-bond acceptors (Lipinski definition) is 3. The SMILES string of the molecule is COc1ccccc1CCC(=O)Nc1ccc2c(c1)c(=O)n(C)n2Cc1cccc(C(F)(F)F)c1. The summed E-state index contributed by atoms with van der Waals surface area (Å²) in [6, 6.07) is 17.4. The van der Waals surface area contributed by atoms with E-state index in [0.29, 0.717) is 34.3 Å². The summed E-state index contributed by atoms with van der Waals surface area (Å²) in [5.41, 5.74) is 1.31. The second kappa shape index (κ2) is 9.69. The molecule has 35 heavy (non-hydrogen) atoms. The highest BCUT2D eigenvalue weighted by molar-refractivity contribution is 5.93. The summed E-state index contributed by atoms with van der Waals surface area (Å²) in [6.45, 7) is 0.0871. The topological polar surface area (TPSA) is 65.3 Å². The number of ether oxygens (including phenoxy) is 1. The fraction of sp³-hybridized carbons (Fsp3) is 0.231. The van der Waals surface area contributed by atoms with E-state index in [0.717, 1.165) is 17.7 Å². The van der Waals surface area contributed by atoms with Gasteiger partial charge >= 0.3 is 6.18 Å². The van der Waals surface area contributed by atoms with Crippen molar-refractivity contribution in [2.45, 2.75) is 25.6 Å². The van der Waals surface area contributed by atoms with Crippen molar-refractivity contribution in [2.75, 3.05) is 12.4 Å². The lowest BCUT2D eigenvalue weighted by Crippen LogP contribution is -2.19. The van der Waals surface area contributed by atoms with E-state index in [9.17, 15) is 22.8 Å². The average molecular weight is 483 g/mol. The zero-order valence-electron chi connectivity index (χ0n) is 19.2. The molecule has 0 unspecified atom stereocenters. The first-order valence-electron chi connectivity index (χ1n) is 10.9. The van der Waals surface area contributed by atoms with E-state index in [4.69, 9.17) is 4.74 Å². The van der Waals surface area contributed by atoms with Gasteiger partial charge in [-0.15, -0.1) is 0 Å². The molecule has 0 spiro atoms. The minimum Gasteiger partial charge on any atom is -0.496 e. The molecule has 0 fully saturated rings. The second-order valence-electron chi connectivity index (χ2n) is 8.18. The highest BCUT2D eigenvalue weighted by Gasteiger charge is 2.30. The molecule has 0 aliphatic heterocycles. The molecular formula is C26H24F3N3O3. The minimum atomic E-state index is -4.45. The van der Waals surface area contributed by atoms with Gasteiger partial charge in [-0.1, -0.05) is 30.3 Å². The summed E-state index contributed by atoms with van der Waals surface area (Å²) in [5.74, 6) is 0.503. The van der Waals surface area contributed by atoms with E-state index in [1.54, 1.807) is 43.1 Å². The van der Waals surface area contributed by atoms with Crippen LogP contribution < -0.4 is 15.6 Å². The molecule has 0 saturated heterocycles. The van der Waals surface area contributed by atoms with E-state index in [2.05, 4.69) is 5.32 Å². The number of halogens is 3. The van der Waals surface area contributed by atoms with Crippen molar-refractivity contribution in [1.29, 1.82) is 0 Å². The molecule has 0 saturated carbocycles. The smallest absolute Gasteiger partial charge is 0.416 e. The van der Waals surface area contributed by atoms with Gasteiger partial charge in [0, 0.05) is 19.2 Å². The number of fused-ring (bicyclic) bond motifs is 1. The number of carbonyl (C=O) groups is 1. The normalized spacial score (nSPS) is 11.6. The van der Waals surface area contributed by atoms with Crippen LogP contribution in [0.15, 0.2) is 71.5 Å². The van der Waals surface area contributed by atoms with Crippen molar-refractivity contribution < 1.29 is 22.7 Å². The van der Waals surface area contributed by atoms with Gasteiger partial charge in [-0.05, 0) is 53.9 Å². The number of anilines is 1. The van der Waals surface area contributed by atoms with Crippen LogP contribution in [0.5, 0.6) is 5.75 Å². The molecule has 1 aromatic heterocycles. The van der Waals surface area contributed by atoms with Crippen LogP contribution in [0.3, 0.4) is 0 Å². The number of methoxy groups -OCH3 is 1. The molecule has 182 valence electrons. The van der Waals surface area contributed by atoms with E-state index < -0.39 is 11.7 Å². The molecule has 0 atom stereocenters. The zero-order chi connectivity index (χ0) is 25.2. The summed E-state index contributed by atoms with van der Waals surface area (Å²) in [7, 11) is 3.13. The lowest BCUT2D eigenvalue weighted by molar-refractivity contribution is -0.137. The molecule has 1 N–H and O–H groups in total. The minimum absolute atomic E-state index is 0.0871. The van der Waals surface area contributed by atoms with Gasteiger partial charge in [0.15, 0.2) is 0 Å². The van der Waals surface area contributed by atoms with E-state index >= 15 is 0 Å². The van der Waals surface area contributed by atoms with Crippen molar-refractivity contribution in [2.24, 2.45) is 7.05 Å². The Bertz CT molecular complexity index is 1440. The molecule has 0 aliphatic carbocycles. The standard InChI is InChI=1S/C26H24F3N3O3/c1-31-25(34)21-15-20(30-24(33)13-10-18-7-3-4-9-23(18)35-2)11-12-22(21)32(31)16-17-6-5-8-19(14-17)26(27,28)29/h3-9,11-12,14-15H,10,13,16H2,1-2H3,(H,30,33). The molecule has 0 radical (unpaired) electrons. The number of aryl methyl sites for hydroxylation is 1. The van der Waals surface area contributed by atoms with Crippen LogP contribution in [0.25, 0.3) is 10.9 Å². The van der Waals surface area contributed by atoms with Crippen LogP contribution in [0, 0.1) is 0 Å². The summed E-state index contributed by atoms with van der Waals surface area (Å²) < 4.78 is 47.5. The van der Waals surface area contributed by atoms with Gasteiger partial charge in [0.25, 0.3) is 5.56 Å². The number of amides is 1. The number of carbonyl (C=O) groups excluding carboxylic acids is 1. The summed E-state index contributed by atoms with van der Waals surface area (Å²) in [5, 5.41) is 3.17. The second-order valence-corrected chi connectivity index (χ2v) is 8.18. The van der Waals surface area contributed by atoms with Crippen molar-refractivity contribution in [1.82, 2.24) is 9.36 Å². The molecule has 1 heterocycles. The van der Waals surface area contributed by atoms with Crippen molar-refractivity contribution in [3.63, 3.8) is 0 Å². The Hall–Kier alpha value is -4.01. The van der Waals surface area contributed by atoms with Gasteiger partial charge in [0.05, 0.1) is 30.1 Å². The highest BCUT2D eigenvalue weighted by atomic mass is 19.4. The molecular weight excluding hydrogens is 459 g/mol. The summed E-state index contributed by atoms with van der Waals surface area (Å²) in [4.78, 5) is 25.3. The molecule has 9 heteroatoms. The molecule has 6 nitrogen and oxygen atoms in total. The van der Waals surface area contributed by atoms with Crippen LogP contribution in [0.4, 0.5) is 18.9 Å². The predicted molar refractivity (Wildman–Crippen MR) is 128 cm³/mol. The number of nitrogens with one attached hydrogen (secondary N) is 1. The van der Waals surface area contributed by atoms with E-state index in [1.807, 2.05) is 24.3 Å². The average Bonchev–Trinajstić information content (AvgIpc) is 3.07. The van der Waals surface area contributed by atoms with Crippen LogP contribution in [-0.2, 0) is 31.0 Å². The molecule has 1 amide bonds. The Balaban J connectivity index is 1.53. The third-order valence-electron chi connectivity index (χ3n) is 5.85. The Morgan fingerprint density at radius 1 is 1.03 bits per heavy atom. The van der Waals surface area contributed by atoms with Crippen LogP contribution >= 0.6 is 0 Å². The van der Waals surface area contributed by atoms with Crippen molar-refractivity contribution in [3.8, 4) is 5.75 Å². The third-order valence-corrected chi connectivity index (χ3v) is 5.85. The van der Waals surface area contributed by atoms with Gasteiger partial charge in [-0.2, -0.15) is 13.2 Å². The van der Waals surface area contributed by atoms with Gasteiger partial charge in [-0.25, -0.2) is 0 Å². The molecule has 0 aliphatic rings. The lowest BCUT2D eigenvalue weighted by Gasteiger charge is -2.12. The molecule has 3 aromatic carbocycles. The van der Waals surface area contributed by atoms with Crippen molar-refractivity contribution >= 4 is 22.5 Å². The number of benzene rings is 3. The van der Waals surface area contributed by atoms with Gasteiger partial charge in [0.1, 0.15) is 5.75 Å². The van der Waals surface area contributed by atoms with E-state index in [1.165, 1.54) is 10.7 Å². The summed E-state index contributed by atoms with van der Waals surface area (Å²) in [6.07, 6.45) is -3.72.